The van der Waals surface area contributed by atoms with Crippen LogP contribution in [0.1, 0.15) is 19.4 Å². The maximum absolute atomic E-state index is 13.4. The fourth-order valence-electron chi connectivity index (χ4n) is 1.22. The topological polar surface area (TPSA) is 37.3 Å². The average molecular weight is 275 g/mol. The average Bonchev–Trinajstić information content (AvgIpc) is 2.11. The molecule has 0 aliphatic rings. The quantitative estimate of drug-likeness (QED) is 0.919. The zero-order chi connectivity index (χ0) is 11.6. The molecule has 0 bridgehead atoms. The Hall–Kier alpha value is -0.900. The Labute approximate surface area is 96.2 Å². The van der Waals surface area contributed by atoms with Crippen molar-refractivity contribution in [3.8, 4) is 0 Å². The molecule has 0 aliphatic heterocycles. The van der Waals surface area contributed by atoms with E-state index in [1.165, 1.54) is 6.07 Å². The second-order valence-electron chi connectivity index (χ2n) is 4.07. The van der Waals surface area contributed by atoms with E-state index in [1.54, 1.807) is 26.0 Å². The lowest BCUT2D eigenvalue weighted by molar-refractivity contribution is -0.146. The van der Waals surface area contributed by atoms with Gasteiger partial charge in [-0.25, -0.2) is 4.39 Å². The minimum Gasteiger partial charge on any atom is -0.481 e. The number of carbonyl (C=O) groups is 1. The van der Waals surface area contributed by atoms with Crippen LogP contribution in [0.4, 0.5) is 4.39 Å². The molecular weight excluding hydrogens is 263 g/mol. The molecule has 0 aliphatic carbocycles. The number of hydrogen-bond acceptors (Lipinski definition) is 1. The summed E-state index contributed by atoms with van der Waals surface area (Å²) < 4.78 is 14.0. The lowest BCUT2D eigenvalue weighted by Gasteiger charge is -2.20. The maximum atomic E-state index is 13.4. The lowest BCUT2D eigenvalue weighted by Crippen LogP contribution is -2.26. The number of rotatable bonds is 3. The van der Waals surface area contributed by atoms with E-state index in [1.807, 2.05) is 0 Å². The van der Waals surface area contributed by atoms with Crippen molar-refractivity contribution in [1.82, 2.24) is 0 Å². The Morgan fingerprint density at radius 2 is 2.13 bits per heavy atom. The molecule has 0 spiro atoms. The highest BCUT2D eigenvalue weighted by Gasteiger charge is 2.29. The third-order valence-electron chi connectivity index (χ3n) is 2.26. The number of halogens is 2. The molecule has 0 fully saturated rings. The summed E-state index contributed by atoms with van der Waals surface area (Å²) in [5.74, 6) is -1.31. The van der Waals surface area contributed by atoms with Crippen LogP contribution in [0.5, 0.6) is 0 Å². The number of carboxylic acid groups (broad SMARTS) is 1. The van der Waals surface area contributed by atoms with Gasteiger partial charge in [-0.05, 0) is 32.4 Å². The fraction of sp³-hybridized carbons (Fsp3) is 0.364. The van der Waals surface area contributed by atoms with Crippen molar-refractivity contribution in [1.29, 1.82) is 0 Å². The van der Waals surface area contributed by atoms with Crippen molar-refractivity contribution in [2.45, 2.75) is 20.3 Å². The lowest BCUT2D eigenvalue weighted by atomic mass is 9.86. The second-order valence-corrected chi connectivity index (χ2v) is 4.92. The molecule has 0 unspecified atom stereocenters. The molecule has 0 radical (unpaired) electrons. The Morgan fingerprint density at radius 3 is 2.60 bits per heavy atom. The summed E-state index contributed by atoms with van der Waals surface area (Å²) in [5.41, 5.74) is -0.560. The van der Waals surface area contributed by atoms with Gasteiger partial charge in [0.2, 0.25) is 0 Å². The molecule has 0 amide bonds. The van der Waals surface area contributed by atoms with Crippen LogP contribution >= 0.6 is 15.9 Å². The van der Waals surface area contributed by atoms with Gasteiger partial charge >= 0.3 is 5.97 Å². The maximum Gasteiger partial charge on any atom is 0.309 e. The van der Waals surface area contributed by atoms with E-state index in [4.69, 9.17) is 5.11 Å². The van der Waals surface area contributed by atoms with E-state index in [0.717, 1.165) is 0 Å². The predicted octanol–water partition coefficient (Wildman–Crippen LogP) is 3.24. The molecule has 4 heteroatoms. The molecule has 1 aromatic rings. The van der Waals surface area contributed by atoms with Gasteiger partial charge in [0.25, 0.3) is 0 Å². The zero-order valence-corrected chi connectivity index (χ0v) is 10.1. The molecule has 15 heavy (non-hydrogen) atoms. The van der Waals surface area contributed by atoms with Crippen molar-refractivity contribution < 1.29 is 14.3 Å². The monoisotopic (exact) mass is 274 g/mol. The summed E-state index contributed by atoms with van der Waals surface area (Å²) in [5, 5.41) is 8.95. The van der Waals surface area contributed by atoms with Gasteiger partial charge in [-0.15, -0.1) is 0 Å². The Bertz CT molecular complexity index is 368. The van der Waals surface area contributed by atoms with E-state index in [9.17, 15) is 9.18 Å². The molecule has 0 atom stereocenters. The summed E-state index contributed by atoms with van der Waals surface area (Å²) >= 11 is 3.22. The van der Waals surface area contributed by atoms with Gasteiger partial charge in [0.05, 0.1) is 5.41 Å². The van der Waals surface area contributed by atoms with Crippen molar-refractivity contribution in [2.75, 3.05) is 0 Å². The smallest absolute Gasteiger partial charge is 0.309 e. The Kier molecular flexibility index (Phi) is 3.50. The van der Waals surface area contributed by atoms with Crippen molar-refractivity contribution in [2.24, 2.45) is 5.41 Å². The molecule has 0 heterocycles. The van der Waals surface area contributed by atoms with Gasteiger partial charge in [0, 0.05) is 10.0 Å². The normalized spacial score (nSPS) is 11.5. The Morgan fingerprint density at radius 1 is 1.53 bits per heavy atom. The summed E-state index contributed by atoms with van der Waals surface area (Å²) in [6, 6.07) is 4.62. The van der Waals surface area contributed by atoms with Crippen LogP contribution in [-0.2, 0) is 11.2 Å². The Balaban J connectivity index is 3.04. The minimum atomic E-state index is -0.968. The van der Waals surface area contributed by atoms with Crippen LogP contribution in [0.15, 0.2) is 22.7 Å². The van der Waals surface area contributed by atoms with Crippen molar-refractivity contribution in [3.05, 3.63) is 34.1 Å². The van der Waals surface area contributed by atoms with E-state index in [0.29, 0.717) is 10.0 Å². The van der Waals surface area contributed by atoms with Crippen LogP contribution < -0.4 is 0 Å². The van der Waals surface area contributed by atoms with Crippen molar-refractivity contribution >= 4 is 21.9 Å². The van der Waals surface area contributed by atoms with Crippen LogP contribution in [-0.4, -0.2) is 11.1 Å². The van der Waals surface area contributed by atoms with E-state index in [-0.39, 0.29) is 12.2 Å². The minimum absolute atomic E-state index is 0.162. The van der Waals surface area contributed by atoms with Crippen molar-refractivity contribution in [3.63, 3.8) is 0 Å². The largest absolute Gasteiger partial charge is 0.481 e. The van der Waals surface area contributed by atoms with Gasteiger partial charge in [0.15, 0.2) is 0 Å². The second kappa shape index (κ2) is 4.31. The molecule has 82 valence electrons. The first-order chi connectivity index (χ1) is 6.84. The van der Waals surface area contributed by atoms with Crippen LogP contribution in [0.3, 0.4) is 0 Å². The first-order valence-electron chi connectivity index (χ1n) is 4.51. The van der Waals surface area contributed by atoms with Crippen LogP contribution in [0.2, 0.25) is 0 Å². The SMILES string of the molecule is CC(C)(Cc1c(F)cccc1Br)C(=O)O. The number of aliphatic carboxylic acids is 1. The molecule has 2 nitrogen and oxygen atoms in total. The summed E-state index contributed by atoms with van der Waals surface area (Å²) in [4.78, 5) is 10.9. The van der Waals surface area contributed by atoms with E-state index >= 15 is 0 Å². The fourth-order valence-corrected chi connectivity index (χ4v) is 1.70. The third-order valence-corrected chi connectivity index (χ3v) is 3.00. The van der Waals surface area contributed by atoms with Crippen LogP contribution in [0, 0.1) is 11.2 Å². The summed E-state index contributed by atoms with van der Waals surface area (Å²) in [6.45, 7) is 3.16. The van der Waals surface area contributed by atoms with Gasteiger partial charge in [-0.1, -0.05) is 22.0 Å². The molecule has 0 saturated heterocycles. The molecule has 1 N–H and O–H groups in total. The highest BCUT2D eigenvalue weighted by atomic mass is 79.9. The van der Waals surface area contributed by atoms with Crippen LogP contribution in [0.25, 0.3) is 0 Å². The highest BCUT2D eigenvalue weighted by Crippen LogP contribution is 2.28. The van der Waals surface area contributed by atoms with Gasteiger partial charge < -0.3 is 5.11 Å². The molecular formula is C11H12BrFO2. The predicted molar refractivity (Wildman–Crippen MR) is 59.2 cm³/mol. The highest BCUT2D eigenvalue weighted by molar-refractivity contribution is 9.10. The molecule has 1 rings (SSSR count). The molecule has 0 saturated carbocycles. The van der Waals surface area contributed by atoms with E-state index in [2.05, 4.69) is 15.9 Å². The van der Waals surface area contributed by atoms with Gasteiger partial charge in [-0.3, -0.25) is 4.79 Å². The number of carboxylic acids is 1. The molecule has 1 aromatic carbocycles. The number of hydrogen-bond donors (Lipinski definition) is 1. The summed E-state index contributed by atoms with van der Waals surface area (Å²) in [6.07, 6.45) is 0.162. The number of benzene rings is 1. The zero-order valence-electron chi connectivity index (χ0n) is 8.55. The third kappa shape index (κ3) is 2.78. The first kappa shape index (κ1) is 12.2. The molecule has 0 aromatic heterocycles. The van der Waals surface area contributed by atoms with Gasteiger partial charge in [-0.2, -0.15) is 0 Å². The standard InChI is InChI=1S/C11H12BrFO2/c1-11(2,10(14)15)6-7-8(12)4-3-5-9(7)13/h3-5H,6H2,1-2H3,(H,14,15). The summed E-state index contributed by atoms with van der Waals surface area (Å²) in [7, 11) is 0. The van der Waals surface area contributed by atoms with Gasteiger partial charge in [0.1, 0.15) is 5.82 Å². The van der Waals surface area contributed by atoms with E-state index < -0.39 is 11.4 Å². The first-order valence-corrected chi connectivity index (χ1v) is 5.30.